The Kier molecular flexibility index (Phi) is 4.94. The van der Waals surface area contributed by atoms with E-state index in [0.717, 1.165) is 0 Å². The van der Waals surface area contributed by atoms with Gasteiger partial charge in [-0.1, -0.05) is 28.9 Å². The van der Waals surface area contributed by atoms with Crippen LogP contribution in [0.5, 0.6) is 0 Å². The molecule has 1 fully saturated rings. The number of hydrogen-bond donors (Lipinski definition) is 0. The molecule has 1 aromatic carbocycles. The van der Waals surface area contributed by atoms with Gasteiger partial charge in [-0.2, -0.15) is 4.98 Å². The highest BCUT2D eigenvalue weighted by atomic mass is 16.5. The summed E-state index contributed by atoms with van der Waals surface area (Å²) in [4.78, 5) is 18.3. The van der Waals surface area contributed by atoms with Crippen LogP contribution in [0.2, 0.25) is 0 Å². The Labute approximate surface area is 141 Å². The second kappa shape index (κ2) is 7.13. The first-order valence-electron chi connectivity index (χ1n) is 8.22. The van der Waals surface area contributed by atoms with E-state index >= 15 is 0 Å². The molecule has 2 heterocycles. The van der Waals surface area contributed by atoms with Crippen LogP contribution in [0.3, 0.4) is 0 Å². The molecule has 1 aliphatic heterocycles. The molecule has 0 spiro atoms. The summed E-state index contributed by atoms with van der Waals surface area (Å²) in [5.74, 6) is 1.32. The Hall–Kier alpha value is -2.21. The summed E-state index contributed by atoms with van der Waals surface area (Å²) in [6.45, 7) is 5.92. The normalized spacial score (nSPS) is 17.7. The Morgan fingerprint density at radius 2 is 2.21 bits per heavy atom. The molecule has 6 nitrogen and oxygen atoms in total. The monoisotopic (exact) mass is 329 g/mol. The SMILES string of the molecule is COCCN1C[C@@H](c2nc(Cc3cc(C)ccc3C)no2)CC1=O. The van der Waals surface area contributed by atoms with E-state index < -0.39 is 0 Å². The van der Waals surface area contributed by atoms with Gasteiger partial charge in [0.15, 0.2) is 5.82 Å². The van der Waals surface area contributed by atoms with Crippen LogP contribution < -0.4 is 0 Å². The topological polar surface area (TPSA) is 68.5 Å². The van der Waals surface area contributed by atoms with Crippen molar-refractivity contribution in [2.24, 2.45) is 0 Å². The fourth-order valence-corrected chi connectivity index (χ4v) is 3.02. The largest absolute Gasteiger partial charge is 0.383 e. The standard InChI is InChI=1S/C18H23N3O3/c1-12-4-5-13(2)14(8-12)9-16-19-18(24-20-16)15-10-17(22)21(11-15)6-7-23-3/h4-5,8,15H,6-7,9-11H2,1-3H3/t15-/m0/s1. The second-order valence-corrected chi connectivity index (χ2v) is 6.39. The zero-order chi connectivity index (χ0) is 17.1. The molecule has 0 aliphatic carbocycles. The number of methoxy groups -OCH3 is 1. The molecule has 1 saturated heterocycles. The quantitative estimate of drug-likeness (QED) is 0.813. The van der Waals surface area contributed by atoms with Crippen molar-refractivity contribution >= 4 is 5.91 Å². The molecule has 128 valence electrons. The Balaban J connectivity index is 1.68. The lowest BCUT2D eigenvalue weighted by atomic mass is 10.0. The Morgan fingerprint density at radius 1 is 1.38 bits per heavy atom. The van der Waals surface area contributed by atoms with Crippen LogP contribution in [0.1, 0.15) is 40.7 Å². The van der Waals surface area contributed by atoms with Crippen LogP contribution in [-0.4, -0.2) is 47.8 Å². The molecule has 24 heavy (non-hydrogen) atoms. The highest BCUT2D eigenvalue weighted by molar-refractivity contribution is 5.79. The van der Waals surface area contributed by atoms with Crippen LogP contribution in [0, 0.1) is 13.8 Å². The van der Waals surface area contributed by atoms with Crippen molar-refractivity contribution in [3.05, 3.63) is 46.6 Å². The van der Waals surface area contributed by atoms with Crippen molar-refractivity contribution < 1.29 is 14.1 Å². The molecule has 0 radical (unpaired) electrons. The summed E-state index contributed by atoms with van der Waals surface area (Å²) in [6.07, 6.45) is 1.07. The summed E-state index contributed by atoms with van der Waals surface area (Å²) in [5.41, 5.74) is 3.63. The van der Waals surface area contributed by atoms with E-state index in [1.165, 1.54) is 16.7 Å². The molecule has 1 atom stereocenters. The van der Waals surface area contributed by atoms with Crippen LogP contribution in [-0.2, 0) is 16.0 Å². The molecular weight excluding hydrogens is 306 g/mol. The van der Waals surface area contributed by atoms with E-state index in [9.17, 15) is 4.79 Å². The molecule has 6 heteroatoms. The van der Waals surface area contributed by atoms with Gasteiger partial charge in [0.1, 0.15) is 0 Å². The molecule has 3 rings (SSSR count). The van der Waals surface area contributed by atoms with Crippen LogP contribution in [0.25, 0.3) is 0 Å². The van der Waals surface area contributed by atoms with Gasteiger partial charge in [-0.05, 0) is 25.0 Å². The van der Waals surface area contributed by atoms with Crippen molar-refractivity contribution in [3.8, 4) is 0 Å². The lowest BCUT2D eigenvalue weighted by molar-refractivity contribution is -0.128. The molecule has 0 saturated carbocycles. The van der Waals surface area contributed by atoms with Gasteiger partial charge in [-0.15, -0.1) is 0 Å². The Bertz CT molecular complexity index is 726. The third kappa shape index (κ3) is 3.64. The molecule has 0 N–H and O–H groups in total. The lowest BCUT2D eigenvalue weighted by Crippen LogP contribution is -2.28. The molecule has 1 aliphatic rings. The van der Waals surface area contributed by atoms with Gasteiger partial charge in [-0.25, -0.2) is 0 Å². The maximum atomic E-state index is 12.0. The number of hydrogen-bond acceptors (Lipinski definition) is 5. The third-order valence-corrected chi connectivity index (χ3v) is 4.47. The van der Waals surface area contributed by atoms with Gasteiger partial charge in [0.2, 0.25) is 11.8 Å². The van der Waals surface area contributed by atoms with E-state index in [1.807, 2.05) is 0 Å². The van der Waals surface area contributed by atoms with Crippen molar-refractivity contribution in [1.29, 1.82) is 0 Å². The number of nitrogens with zero attached hydrogens (tertiary/aromatic N) is 3. The van der Waals surface area contributed by atoms with Gasteiger partial charge in [0, 0.05) is 33.0 Å². The number of aryl methyl sites for hydroxylation is 2. The summed E-state index contributed by atoms with van der Waals surface area (Å²) in [7, 11) is 1.63. The average Bonchev–Trinajstić information content (AvgIpc) is 3.16. The van der Waals surface area contributed by atoms with Gasteiger partial charge in [0.05, 0.1) is 12.5 Å². The van der Waals surface area contributed by atoms with E-state index in [0.29, 0.717) is 44.3 Å². The van der Waals surface area contributed by atoms with Gasteiger partial charge in [0.25, 0.3) is 0 Å². The van der Waals surface area contributed by atoms with Crippen molar-refractivity contribution in [3.63, 3.8) is 0 Å². The van der Waals surface area contributed by atoms with Crippen LogP contribution in [0.15, 0.2) is 22.7 Å². The van der Waals surface area contributed by atoms with Crippen molar-refractivity contribution in [1.82, 2.24) is 15.0 Å². The number of carbonyl (C=O) groups excluding carboxylic acids is 1. The second-order valence-electron chi connectivity index (χ2n) is 6.39. The summed E-state index contributed by atoms with van der Waals surface area (Å²) >= 11 is 0. The minimum Gasteiger partial charge on any atom is -0.383 e. The van der Waals surface area contributed by atoms with Crippen LogP contribution >= 0.6 is 0 Å². The number of ether oxygens (including phenoxy) is 1. The highest BCUT2D eigenvalue weighted by Crippen LogP contribution is 2.27. The fraction of sp³-hybridized carbons (Fsp3) is 0.500. The lowest BCUT2D eigenvalue weighted by Gasteiger charge is -2.14. The number of rotatable bonds is 6. The predicted octanol–water partition coefficient (Wildman–Crippen LogP) is 2.24. The minimum atomic E-state index is -0.0192. The molecule has 2 aromatic rings. The molecule has 0 bridgehead atoms. The van der Waals surface area contributed by atoms with Gasteiger partial charge < -0.3 is 14.2 Å². The minimum absolute atomic E-state index is 0.0192. The average molecular weight is 329 g/mol. The summed E-state index contributed by atoms with van der Waals surface area (Å²) in [5, 5.41) is 4.10. The number of benzene rings is 1. The maximum absolute atomic E-state index is 12.0. The zero-order valence-electron chi connectivity index (χ0n) is 14.4. The van der Waals surface area contributed by atoms with Crippen molar-refractivity contribution in [2.75, 3.05) is 26.8 Å². The maximum Gasteiger partial charge on any atom is 0.232 e. The van der Waals surface area contributed by atoms with E-state index in [-0.39, 0.29) is 11.8 Å². The Morgan fingerprint density at radius 3 is 3.00 bits per heavy atom. The zero-order valence-corrected chi connectivity index (χ0v) is 14.4. The number of likely N-dealkylation sites (tertiary alicyclic amines) is 1. The highest BCUT2D eigenvalue weighted by Gasteiger charge is 2.33. The van der Waals surface area contributed by atoms with Gasteiger partial charge in [-0.3, -0.25) is 4.79 Å². The van der Waals surface area contributed by atoms with E-state index in [4.69, 9.17) is 9.26 Å². The molecule has 1 amide bonds. The number of carbonyl (C=O) groups is 1. The first kappa shape index (κ1) is 16.6. The first-order chi connectivity index (χ1) is 11.6. The number of amides is 1. The van der Waals surface area contributed by atoms with E-state index in [2.05, 4.69) is 42.2 Å². The van der Waals surface area contributed by atoms with Gasteiger partial charge >= 0.3 is 0 Å². The third-order valence-electron chi connectivity index (χ3n) is 4.47. The molecule has 0 unspecified atom stereocenters. The summed E-state index contributed by atoms with van der Waals surface area (Å²) < 4.78 is 10.5. The smallest absolute Gasteiger partial charge is 0.232 e. The predicted molar refractivity (Wildman–Crippen MR) is 88.8 cm³/mol. The molecule has 1 aromatic heterocycles. The first-order valence-corrected chi connectivity index (χ1v) is 8.22. The van der Waals surface area contributed by atoms with E-state index in [1.54, 1.807) is 12.0 Å². The fourth-order valence-electron chi connectivity index (χ4n) is 3.02. The summed E-state index contributed by atoms with van der Waals surface area (Å²) in [6, 6.07) is 6.35. The number of aromatic nitrogens is 2. The van der Waals surface area contributed by atoms with Crippen LogP contribution in [0.4, 0.5) is 0 Å². The molecular formula is C18H23N3O3. The van der Waals surface area contributed by atoms with Crippen molar-refractivity contribution in [2.45, 2.75) is 32.6 Å².